The van der Waals surface area contributed by atoms with Crippen LogP contribution in [0.5, 0.6) is 0 Å². The van der Waals surface area contributed by atoms with Crippen molar-refractivity contribution in [1.29, 1.82) is 5.26 Å². The first-order valence-corrected chi connectivity index (χ1v) is 16.4. The Morgan fingerprint density at radius 2 is 1.08 bits per heavy atom. The molecule has 5 atom stereocenters. The maximum atomic E-state index is 13.0. The number of nitrogens with one attached hydrogen (secondary N) is 1. The van der Waals surface area contributed by atoms with E-state index in [9.17, 15) is 10.1 Å². The van der Waals surface area contributed by atoms with E-state index in [1.807, 2.05) is 142 Å². The van der Waals surface area contributed by atoms with Crippen molar-refractivity contribution in [2.24, 2.45) is 0 Å². The van der Waals surface area contributed by atoms with E-state index in [2.05, 4.69) is 16.3 Å². The number of benzene rings is 4. The van der Waals surface area contributed by atoms with Gasteiger partial charge in [0.2, 0.25) is 0 Å². The molecule has 250 valence electrons. The molecule has 0 bridgehead atoms. The van der Waals surface area contributed by atoms with Crippen LogP contribution in [0.4, 0.5) is 4.79 Å². The minimum atomic E-state index is -0.725. The summed E-state index contributed by atoms with van der Waals surface area (Å²) in [5, 5.41) is 13.8. The van der Waals surface area contributed by atoms with Crippen molar-refractivity contribution in [3.05, 3.63) is 144 Å². The maximum absolute atomic E-state index is 13.0. The highest BCUT2D eigenvalue weighted by atomic mass is 16.6. The van der Waals surface area contributed by atoms with Gasteiger partial charge in [-0.3, -0.25) is 4.90 Å². The molecule has 4 aromatic carbocycles. The molecule has 48 heavy (non-hydrogen) atoms. The zero-order valence-electron chi connectivity index (χ0n) is 27.9. The van der Waals surface area contributed by atoms with Gasteiger partial charge in [0, 0.05) is 13.1 Å². The third-order valence-corrected chi connectivity index (χ3v) is 8.17. The molecule has 0 radical (unpaired) electrons. The highest BCUT2D eigenvalue weighted by Crippen LogP contribution is 2.34. The standard InChI is InChI=1S/C40H45N3O5/c1-40(2,3)48-39(44)42-25-35-37(46-28-32-20-12-6-13-21-32)38(47-29-33-22-14-7-15-23-33)36(45-27-31-18-10-5-11-19-31)34(24-41)43(35)26-30-16-8-4-9-17-30/h4-23,34-38H,25-29H2,1-3H3,(H,42,44). The van der Waals surface area contributed by atoms with Crippen LogP contribution in [0.15, 0.2) is 121 Å². The Bertz CT molecular complexity index is 1580. The van der Waals surface area contributed by atoms with Crippen LogP contribution in [0.2, 0.25) is 0 Å². The number of carbonyl (C=O) groups excluding carboxylic acids is 1. The highest BCUT2D eigenvalue weighted by molar-refractivity contribution is 5.67. The van der Waals surface area contributed by atoms with Crippen LogP contribution in [0.25, 0.3) is 0 Å². The van der Waals surface area contributed by atoms with Gasteiger partial charge in [-0.1, -0.05) is 121 Å². The summed E-state index contributed by atoms with van der Waals surface area (Å²) in [6, 6.07) is 41.1. The van der Waals surface area contributed by atoms with E-state index in [4.69, 9.17) is 18.9 Å². The molecule has 0 spiro atoms. The number of rotatable bonds is 13. The predicted octanol–water partition coefficient (Wildman–Crippen LogP) is 7.04. The summed E-state index contributed by atoms with van der Waals surface area (Å²) in [4.78, 5) is 15.1. The molecule has 1 aliphatic heterocycles. The fraction of sp³-hybridized carbons (Fsp3) is 0.350. The zero-order valence-corrected chi connectivity index (χ0v) is 27.9. The van der Waals surface area contributed by atoms with Crippen LogP contribution in [-0.2, 0) is 45.3 Å². The average molecular weight is 648 g/mol. The monoisotopic (exact) mass is 647 g/mol. The molecule has 0 aromatic heterocycles. The third kappa shape index (κ3) is 9.99. The summed E-state index contributed by atoms with van der Waals surface area (Å²) in [6.07, 6.45) is -2.47. The second-order valence-electron chi connectivity index (χ2n) is 13.0. The van der Waals surface area contributed by atoms with Gasteiger partial charge < -0.3 is 24.3 Å². The summed E-state index contributed by atoms with van der Waals surface area (Å²) in [6.45, 7) is 6.97. The summed E-state index contributed by atoms with van der Waals surface area (Å²) in [5.41, 5.74) is 3.33. The van der Waals surface area contributed by atoms with Gasteiger partial charge in [0.1, 0.15) is 30.0 Å². The summed E-state index contributed by atoms with van der Waals surface area (Å²) < 4.78 is 25.9. The van der Waals surface area contributed by atoms with Crippen molar-refractivity contribution in [2.45, 2.75) is 83.1 Å². The number of nitriles is 1. The molecule has 0 saturated carbocycles. The molecule has 5 rings (SSSR count). The minimum absolute atomic E-state index is 0.163. The van der Waals surface area contributed by atoms with Crippen molar-refractivity contribution in [2.75, 3.05) is 6.54 Å². The van der Waals surface area contributed by atoms with E-state index in [0.29, 0.717) is 26.4 Å². The van der Waals surface area contributed by atoms with Crippen LogP contribution in [0.3, 0.4) is 0 Å². The molecular formula is C40H45N3O5. The summed E-state index contributed by atoms with van der Waals surface area (Å²) >= 11 is 0. The van der Waals surface area contributed by atoms with E-state index < -0.39 is 42.1 Å². The SMILES string of the molecule is CC(C)(C)OC(=O)NCC1C(OCc2ccccc2)C(OCc2ccccc2)C(OCc2ccccc2)C(C#N)N1Cc1ccccc1. The van der Waals surface area contributed by atoms with Crippen molar-refractivity contribution in [1.82, 2.24) is 10.2 Å². The first-order chi connectivity index (χ1) is 23.3. The lowest BCUT2D eigenvalue weighted by atomic mass is 9.86. The number of alkyl carbamates (subject to hydrolysis) is 1. The predicted molar refractivity (Wildman–Crippen MR) is 184 cm³/mol. The second kappa shape index (κ2) is 17.0. The largest absolute Gasteiger partial charge is 0.444 e. The topological polar surface area (TPSA) is 93.0 Å². The number of carbonyl (C=O) groups is 1. The average Bonchev–Trinajstić information content (AvgIpc) is 3.09. The number of likely N-dealkylation sites (tertiary alicyclic amines) is 1. The van der Waals surface area contributed by atoms with Gasteiger partial charge in [-0.05, 0) is 43.0 Å². The van der Waals surface area contributed by atoms with Crippen LogP contribution < -0.4 is 5.32 Å². The number of ether oxygens (including phenoxy) is 4. The Morgan fingerprint density at radius 1 is 0.667 bits per heavy atom. The normalized spacial score (nSPS) is 21.2. The minimum Gasteiger partial charge on any atom is -0.444 e. The Hall–Kier alpha value is -4.52. The molecule has 8 nitrogen and oxygen atoms in total. The van der Waals surface area contributed by atoms with E-state index in [1.165, 1.54) is 0 Å². The van der Waals surface area contributed by atoms with Gasteiger partial charge in [-0.15, -0.1) is 0 Å². The van der Waals surface area contributed by atoms with Gasteiger partial charge in [0.05, 0.1) is 31.9 Å². The highest BCUT2D eigenvalue weighted by Gasteiger charge is 2.52. The molecule has 1 heterocycles. The van der Waals surface area contributed by atoms with E-state index in [1.54, 1.807) is 0 Å². The van der Waals surface area contributed by atoms with Crippen molar-refractivity contribution in [3.63, 3.8) is 0 Å². The van der Waals surface area contributed by atoms with Gasteiger partial charge in [0.15, 0.2) is 0 Å². The lowest BCUT2D eigenvalue weighted by Gasteiger charge is -2.51. The number of hydrogen-bond donors (Lipinski definition) is 1. The van der Waals surface area contributed by atoms with E-state index in [-0.39, 0.29) is 6.54 Å². The molecule has 1 N–H and O–H groups in total. The summed E-state index contributed by atoms with van der Waals surface area (Å²) in [5.74, 6) is 0. The number of hydrogen-bond acceptors (Lipinski definition) is 7. The van der Waals surface area contributed by atoms with Crippen LogP contribution in [-0.4, -0.2) is 53.5 Å². The Morgan fingerprint density at radius 3 is 1.52 bits per heavy atom. The van der Waals surface area contributed by atoms with Gasteiger partial charge >= 0.3 is 6.09 Å². The van der Waals surface area contributed by atoms with Crippen molar-refractivity contribution in [3.8, 4) is 6.07 Å². The van der Waals surface area contributed by atoms with Crippen molar-refractivity contribution < 1.29 is 23.7 Å². The second-order valence-corrected chi connectivity index (χ2v) is 13.0. The van der Waals surface area contributed by atoms with Crippen molar-refractivity contribution >= 4 is 6.09 Å². The molecule has 1 aliphatic rings. The Balaban J connectivity index is 1.55. The molecule has 1 fully saturated rings. The quantitative estimate of drug-likeness (QED) is 0.166. The fourth-order valence-corrected chi connectivity index (χ4v) is 5.94. The zero-order chi connectivity index (χ0) is 33.8. The lowest BCUT2D eigenvalue weighted by molar-refractivity contribution is -0.215. The first-order valence-electron chi connectivity index (χ1n) is 16.4. The molecule has 8 heteroatoms. The number of amides is 1. The van der Waals surface area contributed by atoms with Crippen LogP contribution in [0, 0.1) is 11.3 Å². The molecule has 0 aliphatic carbocycles. The summed E-state index contributed by atoms with van der Waals surface area (Å²) in [7, 11) is 0. The van der Waals surface area contributed by atoms with E-state index >= 15 is 0 Å². The number of piperidine rings is 1. The Kier molecular flexibility index (Phi) is 12.4. The molecule has 4 aromatic rings. The van der Waals surface area contributed by atoms with Gasteiger partial charge in [-0.25, -0.2) is 4.79 Å². The smallest absolute Gasteiger partial charge is 0.407 e. The first kappa shape index (κ1) is 34.8. The van der Waals surface area contributed by atoms with Gasteiger partial charge in [-0.2, -0.15) is 5.26 Å². The number of nitrogens with zero attached hydrogens (tertiary/aromatic N) is 2. The van der Waals surface area contributed by atoms with Crippen LogP contribution in [0.1, 0.15) is 43.0 Å². The van der Waals surface area contributed by atoms with E-state index in [0.717, 1.165) is 22.3 Å². The van der Waals surface area contributed by atoms with Crippen LogP contribution >= 0.6 is 0 Å². The molecule has 5 unspecified atom stereocenters. The van der Waals surface area contributed by atoms with Gasteiger partial charge in [0.25, 0.3) is 0 Å². The fourth-order valence-electron chi connectivity index (χ4n) is 5.94. The lowest BCUT2D eigenvalue weighted by Crippen LogP contribution is -2.69. The third-order valence-electron chi connectivity index (χ3n) is 8.17. The Labute approximate surface area is 284 Å². The maximum Gasteiger partial charge on any atom is 0.407 e. The molecule has 1 amide bonds. The molecular weight excluding hydrogens is 602 g/mol. The molecule has 1 saturated heterocycles.